The van der Waals surface area contributed by atoms with E-state index >= 15 is 0 Å². The fourth-order valence-electron chi connectivity index (χ4n) is 0.715. The van der Waals surface area contributed by atoms with E-state index in [0.29, 0.717) is 6.42 Å². The molecule has 0 radical (unpaired) electrons. The smallest absolute Gasteiger partial charge is 0.334 e. The number of carbonyl (C=O) groups excluding carboxylic acids is 1. The number of carbonyl (C=O) groups is 1. The first-order valence-electron chi connectivity index (χ1n) is 4.45. The van der Waals surface area contributed by atoms with Gasteiger partial charge in [-0.05, 0) is 6.42 Å². The van der Waals surface area contributed by atoms with E-state index in [9.17, 15) is 26.4 Å². The molecular weight excluding hydrogens is 251 g/mol. The number of hydrogen-bond donors (Lipinski definition) is 1. The Hall–Kier alpha value is -0.830. The summed E-state index contributed by atoms with van der Waals surface area (Å²) in [6.45, 7) is 0.774. The Bertz CT molecular complexity index is 325. The van der Waals surface area contributed by atoms with Crippen molar-refractivity contribution in [2.24, 2.45) is 0 Å². The average molecular weight is 263 g/mol. The lowest BCUT2D eigenvalue weighted by atomic mass is 10.4. The van der Waals surface area contributed by atoms with Crippen LogP contribution < -0.4 is 4.72 Å². The largest absolute Gasteiger partial charge is 0.390 e. The summed E-state index contributed by atoms with van der Waals surface area (Å²) in [5.74, 6) is -0.998. The Morgan fingerprint density at radius 1 is 1.38 bits per heavy atom. The van der Waals surface area contributed by atoms with Gasteiger partial charge >= 0.3 is 22.4 Å². The molecule has 0 aliphatic heterocycles. The molecule has 0 saturated carbocycles. The van der Waals surface area contributed by atoms with Gasteiger partial charge in [-0.2, -0.15) is 26.3 Å². The topological polar surface area (TPSA) is 72.5 Å². The summed E-state index contributed by atoms with van der Waals surface area (Å²) >= 11 is 0. The highest BCUT2D eigenvalue weighted by Gasteiger charge is 2.27. The molecule has 0 aromatic carbocycles. The van der Waals surface area contributed by atoms with Crippen molar-refractivity contribution in [1.82, 2.24) is 4.72 Å². The summed E-state index contributed by atoms with van der Waals surface area (Å²) in [6.07, 6.45) is -5.51. The van der Waals surface area contributed by atoms with E-state index in [-0.39, 0.29) is 6.42 Å². The predicted molar refractivity (Wildman–Crippen MR) is 48.6 cm³/mol. The van der Waals surface area contributed by atoms with Gasteiger partial charge in [0.1, 0.15) is 0 Å². The second-order valence-electron chi connectivity index (χ2n) is 2.92. The second-order valence-corrected chi connectivity index (χ2v) is 4.28. The van der Waals surface area contributed by atoms with E-state index in [1.165, 1.54) is 4.72 Å². The molecule has 0 rings (SSSR count). The minimum atomic E-state index is -4.46. The average Bonchev–Trinajstić information content (AvgIpc) is 1.99. The Labute approximate surface area is 91.2 Å². The van der Waals surface area contributed by atoms with E-state index in [1.807, 2.05) is 0 Å². The minimum absolute atomic E-state index is 0.111. The lowest BCUT2D eigenvalue weighted by Gasteiger charge is -2.08. The zero-order chi connectivity index (χ0) is 12.8. The standard InChI is InChI=1S/C7H12F3NO4S/c1-2-3-6(12)15-16(13,14)11-5-4-7(8,9)10/h11H,2-5H2,1H3. The molecule has 0 bridgehead atoms. The Balaban J connectivity index is 4.02. The lowest BCUT2D eigenvalue weighted by molar-refractivity contribution is -0.133. The third-order valence-corrected chi connectivity index (χ3v) is 2.31. The van der Waals surface area contributed by atoms with Crippen LogP contribution in [0.2, 0.25) is 0 Å². The molecule has 0 aliphatic rings. The molecule has 9 heteroatoms. The number of nitrogens with one attached hydrogen (secondary N) is 1. The van der Waals surface area contributed by atoms with Crippen molar-refractivity contribution >= 4 is 16.3 Å². The van der Waals surface area contributed by atoms with E-state index in [4.69, 9.17) is 0 Å². The second kappa shape index (κ2) is 6.04. The van der Waals surface area contributed by atoms with Crippen LogP contribution in [0.1, 0.15) is 26.2 Å². The molecule has 0 aromatic heterocycles. The van der Waals surface area contributed by atoms with Crippen molar-refractivity contribution in [2.45, 2.75) is 32.4 Å². The Morgan fingerprint density at radius 3 is 2.38 bits per heavy atom. The SMILES string of the molecule is CCCC(=O)OS(=O)(=O)NCCC(F)(F)F. The van der Waals surface area contributed by atoms with Crippen molar-refractivity contribution in [3.8, 4) is 0 Å². The molecule has 0 unspecified atom stereocenters. The van der Waals surface area contributed by atoms with Crippen molar-refractivity contribution in [3.63, 3.8) is 0 Å². The minimum Gasteiger partial charge on any atom is -0.334 e. The molecule has 0 saturated heterocycles. The lowest BCUT2D eigenvalue weighted by Crippen LogP contribution is -2.31. The zero-order valence-electron chi connectivity index (χ0n) is 8.50. The highest BCUT2D eigenvalue weighted by molar-refractivity contribution is 7.85. The number of halogens is 3. The van der Waals surface area contributed by atoms with Crippen LogP contribution in [0.25, 0.3) is 0 Å². The molecular formula is C7H12F3NO4S. The molecule has 0 aliphatic carbocycles. The number of rotatable bonds is 6. The Morgan fingerprint density at radius 2 is 1.94 bits per heavy atom. The van der Waals surface area contributed by atoms with Gasteiger partial charge in [0.15, 0.2) is 0 Å². The molecule has 0 fully saturated rings. The normalized spacial score (nSPS) is 12.5. The fraction of sp³-hybridized carbons (Fsp3) is 0.857. The summed E-state index contributed by atoms with van der Waals surface area (Å²) in [6, 6.07) is 0. The van der Waals surface area contributed by atoms with Crippen molar-refractivity contribution < 1.29 is 30.6 Å². The van der Waals surface area contributed by atoms with E-state index in [1.54, 1.807) is 6.92 Å². The van der Waals surface area contributed by atoms with Gasteiger partial charge in [0.2, 0.25) is 0 Å². The third kappa shape index (κ3) is 8.48. The van der Waals surface area contributed by atoms with Gasteiger partial charge < -0.3 is 4.18 Å². The van der Waals surface area contributed by atoms with Crippen molar-refractivity contribution in [1.29, 1.82) is 0 Å². The highest BCUT2D eigenvalue weighted by atomic mass is 32.2. The predicted octanol–water partition coefficient (Wildman–Crippen LogP) is 1.12. The van der Waals surface area contributed by atoms with Crippen LogP contribution in [0.15, 0.2) is 0 Å². The maximum absolute atomic E-state index is 11.7. The highest BCUT2D eigenvalue weighted by Crippen LogP contribution is 2.18. The van der Waals surface area contributed by atoms with Crippen molar-refractivity contribution in [3.05, 3.63) is 0 Å². The Kier molecular flexibility index (Phi) is 5.73. The third-order valence-electron chi connectivity index (χ3n) is 1.34. The summed E-state index contributed by atoms with van der Waals surface area (Å²) in [5, 5.41) is 0. The van der Waals surface area contributed by atoms with Crippen LogP contribution in [0.5, 0.6) is 0 Å². The summed E-state index contributed by atoms with van der Waals surface area (Å²) < 4.78 is 62.2. The van der Waals surface area contributed by atoms with Gasteiger partial charge in [-0.25, -0.2) is 0 Å². The van der Waals surface area contributed by atoms with Gasteiger partial charge in [-0.3, -0.25) is 4.79 Å². The molecule has 5 nitrogen and oxygen atoms in total. The maximum atomic E-state index is 11.7. The molecule has 16 heavy (non-hydrogen) atoms. The molecule has 0 heterocycles. The van der Waals surface area contributed by atoms with Gasteiger partial charge in [0.25, 0.3) is 0 Å². The monoisotopic (exact) mass is 263 g/mol. The first-order valence-corrected chi connectivity index (χ1v) is 5.86. The molecule has 0 amide bonds. The molecule has 0 aromatic rings. The zero-order valence-corrected chi connectivity index (χ0v) is 9.32. The summed E-state index contributed by atoms with van der Waals surface area (Å²) in [7, 11) is -4.42. The van der Waals surface area contributed by atoms with Crippen molar-refractivity contribution in [2.75, 3.05) is 6.54 Å². The van der Waals surface area contributed by atoms with Crippen LogP contribution in [-0.2, 0) is 19.3 Å². The first-order chi connectivity index (χ1) is 7.16. The summed E-state index contributed by atoms with van der Waals surface area (Å²) in [4.78, 5) is 10.8. The molecule has 0 atom stereocenters. The van der Waals surface area contributed by atoms with E-state index in [0.717, 1.165) is 0 Å². The van der Waals surface area contributed by atoms with Gasteiger partial charge in [-0.15, -0.1) is 0 Å². The molecule has 0 spiro atoms. The van der Waals surface area contributed by atoms with Crippen LogP contribution in [0, 0.1) is 0 Å². The fourth-order valence-corrected chi connectivity index (χ4v) is 1.45. The van der Waals surface area contributed by atoms with Gasteiger partial charge in [-0.1, -0.05) is 6.92 Å². The molecule has 96 valence electrons. The van der Waals surface area contributed by atoms with E-state index < -0.39 is 35.4 Å². The first kappa shape index (κ1) is 15.2. The number of hydrogen-bond acceptors (Lipinski definition) is 4. The van der Waals surface area contributed by atoms with Crippen LogP contribution in [0.3, 0.4) is 0 Å². The van der Waals surface area contributed by atoms with Crippen LogP contribution >= 0.6 is 0 Å². The number of alkyl halides is 3. The van der Waals surface area contributed by atoms with Crippen LogP contribution in [0.4, 0.5) is 13.2 Å². The maximum Gasteiger partial charge on any atom is 0.390 e. The summed E-state index contributed by atoms with van der Waals surface area (Å²) in [5.41, 5.74) is 0. The van der Waals surface area contributed by atoms with E-state index in [2.05, 4.69) is 4.18 Å². The van der Waals surface area contributed by atoms with Crippen LogP contribution in [-0.4, -0.2) is 27.1 Å². The quantitative estimate of drug-likeness (QED) is 0.779. The molecule has 1 N–H and O–H groups in total. The van der Waals surface area contributed by atoms with Gasteiger partial charge in [0, 0.05) is 13.0 Å². The van der Waals surface area contributed by atoms with Gasteiger partial charge in [0.05, 0.1) is 6.42 Å².